The van der Waals surface area contributed by atoms with Gasteiger partial charge < -0.3 is 21.1 Å². The van der Waals surface area contributed by atoms with Crippen molar-refractivity contribution in [3.8, 4) is 0 Å². The average Bonchev–Trinajstić information content (AvgIpc) is 2.87. The van der Waals surface area contributed by atoms with E-state index in [-0.39, 0.29) is 24.8 Å². The Bertz CT molecular complexity index is 405. The van der Waals surface area contributed by atoms with Crippen molar-refractivity contribution in [3.05, 3.63) is 18.2 Å². The predicted molar refractivity (Wildman–Crippen MR) is 69.3 cm³/mol. The summed E-state index contributed by atoms with van der Waals surface area (Å²) in [6.45, 7) is 2.17. The molecule has 0 aromatic carbocycles. The van der Waals surface area contributed by atoms with Crippen LogP contribution in [-0.4, -0.2) is 39.5 Å². The molecule has 0 fully saturated rings. The zero-order chi connectivity index (χ0) is 14.3. The summed E-state index contributed by atoms with van der Waals surface area (Å²) in [4.78, 5) is 29.7. The van der Waals surface area contributed by atoms with Crippen molar-refractivity contribution in [2.75, 3.05) is 6.54 Å². The molecule has 1 amide bonds. The highest BCUT2D eigenvalue weighted by Crippen LogP contribution is 2.06. The number of imidazole rings is 1. The molecule has 0 bridgehead atoms. The Balaban J connectivity index is 2.62. The lowest BCUT2D eigenvalue weighted by molar-refractivity contribution is -0.142. The first-order chi connectivity index (χ1) is 9.08. The summed E-state index contributed by atoms with van der Waals surface area (Å²) in [5.41, 5.74) is 6.18. The first-order valence-corrected chi connectivity index (χ1v) is 6.29. The lowest BCUT2D eigenvalue weighted by Crippen LogP contribution is -2.46. The summed E-state index contributed by atoms with van der Waals surface area (Å²) in [5, 5.41) is 11.6. The number of carbonyl (C=O) groups excluding carboxylic acids is 1. The Morgan fingerprint density at radius 2 is 2.32 bits per heavy atom. The molecule has 7 heteroatoms. The first kappa shape index (κ1) is 15.2. The second kappa shape index (κ2) is 7.52. The van der Waals surface area contributed by atoms with E-state index in [0.717, 1.165) is 6.42 Å². The van der Waals surface area contributed by atoms with E-state index in [9.17, 15) is 9.59 Å². The molecule has 1 aromatic heterocycles. The van der Waals surface area contributed by atoms with Crippen molar-refractivity contribution < 1.29 is 14.7 Å². The third kappa shape index (κ3) is 4.70. The number of nitrogens with two attached hydrogens (primary N) is 1. The molecule has 0 aliphatic carbocycles. The number of H-pyrrole nitrogens is 1. The van der Waals surface area contributed by atoms with E-state index >= 15 is 0 Å². The number of aliphatic carboxylic acids is 1. The fraction of sp³-hybridized carbons (Fsp3) is 0.583. The van der Waals surface area contributed by atoms with Crippen LogP contribution in [0.1, 0.15) is 25.5 Å². The van der Waals surface area contributed by atoms with Gasteiger partial charge in [-0.15, -0.1) is 0 Å². The van der Waals surface area contributed by atoms with Gasteiger partial charge in [0, 0.05) is 24.9 Å². The zero-order valence-corrected chi connectivity index (χ0v) is 10.9. The maximum Gasteiger partial charge on any atom is 0.326 e. The van der Waals surface area contributed by atoms with Crippen molar-refractivity contribution in [1.82, 2.24) is 15.3 Å². The molecule has 1 aromatic rings. The van der Waals surface area contributed by atoms with Crippen molar-refractivity contribution in [2.45, 2.75) is 32.2 Å². The molecule has 1 heterocycles. The van der Waals surface area contributed by atoms with Crippen LogP contribution in [-0.2, 0) is 16.0 Å². The van der Waals surface area contributed by atoms with Crippen LogP contribution >= 0.6 is 0 Å². The van der Waals surface area contributed by atoms with E-state index in [1.807, 2.05) is 6.92 Å². The maximum absolute atomic E-state index is 11.9. The van der Waals surface area contributed by atoms with Crippen LogP contribution in [0.15, 0.2) is 12.5 Å². The third-order valence-electron chi connectivity index (χ3n) is 2.89. The zero-order valence-electron chi connectivity index (χ0n) is 10.9. The Morgan fingerprint density at radius 3 is 2.79 bits per heavy atom. The van der Waals surface area contributed by atoms with Crippen molar-refractivity contribution >= 4 is 11.9 Å². The topological polar surface area (TPSA) is 121 Å². The normalized spacial score (nSPS) is 13.8. The van der Waals surface area contributed by atoms with E-state index < -0.39 is 12.0 Å². The molecule has 0 radical (unpaired) electrons. The fourth-order valence-corrected chi connectivity index (χ4v) is 1.81. The number of nitrogens with one attached hydrogen (secondary N) is 2. The number of carboxylic acids is 1. The fourth-order valence-electron chi connectivity index (χ4n) is 1.81. The first-order valence-electron chi connectivity index (χ1n) is 6.29. The monoisotopic (exact) mass is 268 g/mol. The van der Waals surface area contributed by atoms with Gasteiger partial charge in [0.25, 0.3) is 0 Å². The number of hydrogen-bond acceptors (Lipinski definition) is 4. The van der Waals surface area contributed by atoms with E-state index in [1.165, 1.54) is 12.5 Å². The van der Waals surface area contributed by atoms with E-state index in [1.54, 1.807) is 0 Å². The summed E-state index contributed by atoms with van der Waals surface area (Å²) < 4.78 is 0. The highest BCUT2D eigenvalue weighted by molar-refractivity contribution is 5.85. The summed E-state index contributed by atoms with van der Waals surface area (Å²) in [5.74, 6) is -1.72. The highest BCUT2D eigenvalue weighted by Gasteiger charge is 2.24. The van der Waals surface area contributed by atoms with Crippen molar-refractivity contribution in [1.29, 1.82) is 0 Å². The number of carbonyl (C=O) groups is 2. The van der Waals surface area contributed by atoms with Crippen LogP contribution in [0.3, 0.4) is 0 Å². The molecule has 106 valence electrons. The average molecular weight is 268 g/mol. The van der Waals surface area contributed by atoms with Crippen molar-refractivity contribution in [2.24, 2.45) is 11.7 Å². The quantitative estimate of drug-likeness (QED) is 0.524. The predicted octanol–water partition coefficient (Wildman–Crippen LogP) is -0.103. The summed E-state index contributed by atoms with van der Waals surface area (Å²) >= 11 is 0. The van der Waals surface area contributed by atoms with Gasteiger partial charge in [0.15, 0.2) is 0 Å². The summed E-state index contributed by atoms with van der Waals surface area (Å²) in [7, 11) is 0. The molecule has 1 unspecified atom stereocenters. The van der Waals surface area contributed by atoms with E-state index in [2.05, 4.69) is 15.3 Å². The largest absolute Gasteiger partial charge is 0.480 e. The molecule has 0 saturated carbocycles. The minimum absolute atomic E-state index is 0.171. The Labute approximate surface area is 111 Å². The lowest BCUT2D eigenvalue weighted by atomic mass is 10.0. The number of aromatic nitrogens is 2. The molecule has 0 aliphatic rings. The second-order valence-electron chi connectivity index (χ2n) is 4.40. The molecule has 0 saturated heterocycles. The molecule has 0 aliphatic heterocycles. The van der Waals surface area contributed by atoms with E-state index in [4.69, 9.17) is 10.8 Å². The molecule has 2 atom stereocenters. The van der Waals surface area contributed by atoms with Gasteiger partial charge in [-0.25, -0.2) is 9.78 Å². The van der Waals surface area contributed by atoms with Gasteiger partial charge in [-0.1, -0.05) is 13.3 Å². The molecule has 5 N–H and O–H groups in total. The number of amides is 1. The number of rotatable bonds is 8. The number of carboxylic acid groups (broad SMARTS) is 1. The van der Waals surface area contributed by atoms with E-state index in [0.29, 0.717) is 12.1 Å². The summed E-state index contributed by atoms with van der Waals surface area (Å²) in [6.07, 6.45) is 4.65. The molecular weight excluding hydrogens is 248 g/mol. The minimum atomic E-state index is -1.07. The minimum Gasteiger partial charge on any atom is -0.480 e. The lowest BCUT2D eigenvalue weighted by Gasteiger charge is -2.18. The Hall–Kier alpha value is -1.89. The maximum atomic E-state index is 11.9. The number of hydrogen-bond donors (Lipinski definition) is 4. The van der Waals surface area contributed by atoms with Gasteiger partial charge in [0.2, 0.25) is 5.91 Å². The van der Waals surface area contributed by atoms with Gasteiger partial charge in [-0.05, 0) is 6.42 Å². The standard InChI is InChI=1S/C12H20N4O3/c1-2-3-8(5-13)11(17)16-10(12(18)19)4-9-6-14-7-15-9/h6-8,10H,2-5,13H2,1H3,(H,14,15)(H,16,17)(H,18,19)/t8?,10-/m0/s1. The van der Waals surface area contributed by atoms with Gasteiger partial charge in [-0.2, -0.15) is 0 Å². The SMILES string of the molecule is CCCC(CN)C(=O)N[C@@H](Cc1cnc[nH]1)C(=O)O. The Kier molecular flexibility index (Phi) is 6.01. The van der Waals surface area contributed by atoms with Crippen LogP contribution in [0.5, 0.6) is 0 Å². The molecule has 1 rings (SSSR count). The van der Waals surface area contributed by atoms with Crippen LogP contribution in [0.2, 0.25) is 0 Å². The van der Waals surface area contributed by atoms with Crippen molar-refractivity contribution in [3.63, 3.8) is 0 Å². The van der Waals surface area contributed by atoms with Crippen LogP contribution < -0.4 is 11.1 Å². The van der Waals surface area contributed by atoms with Crippen LogP contribution in [0, 0.1) is 5.92 Å². The molecule has 19 heavy (non-hydrogen) atoms. The molecule has 7 nitrogen and oxygen atoms in total. The van der Waals surface area contributed by atoms with Gasteiger partial charge in [0.05, 0.1) is 12.2 Å². The van der Waals surface area contributed by atoms with Gasteiger partial charge >= 0.3 is 5.97 Å². The van der Waals surface area contributed by atoms with Gasteiger partial charge in [0.1, 0.15) is 6.04 Å². The van der Waals surface area contributed by atoms with Crippen LogP contribution in [0.4, 0.5) is 0 Å². The number of nitrogens with zero attached hydrogens (tertiary/aromatic N) is 1. The highest BCUT2D eigenvalue weighted by atomic mass is 16.4. The second-order valence-corrected chi connectivity index (χ2v) is 4.40. The number of aromatic amines is 1. The smallest absolute Gasteiger partial charge is 0.326 e. The van der Waals surface area contributed by atoms with Gasteiger partial charge in [-0.3, -0.25) is 4.79 Å². The molecular formula is C12H20N4O3. The summed E-state index contributed by atoms with van der Waals surface area (Å²) in [6, 6.07) is -0.973. The Morgan fingerprint density at radius 1 is 1.58 bits per heavy atom. The molecule has 0 spiro atoms. The third-order valence-corrected chi connectivity index (χ3v) is 2.89. The van der Waals surface area contributed by atoms with Crippen LogP contribution in [0.25, 0.3) is 0 Å².